The number of non-ortho nitro benzene ring substituents is 1. The number of rotatable bonds is 4. The molecule has 8 heteroatoms. The van der Waals surface area contributed by atoms with E-state index in [-0.39, 0.29) is 23.7 Å². The molecule has 1 amide bonds. The molecule has 25 heavy (non-hydrogen) atoms. The number of carbonyl (C=O) groups is 1. The van der Waals surface area contributed by atoms with Crippen LogP contribution >= 0.6 is 0 Å². The molecule has 0 saturated heterocycles. The first-order chi connectivity index (χ1) is 11.9. The number of aromatic nitrogens is 2. The highest BCUT2D eigenvalue weighted by Crippen LogP contribution is 2.25. The molecular weight excluding hydrogens is 322 g/mol. The van der Waals surface area contributed by atoms with Gasteiger partial charge in [-0.1, -0.05) is 0 Å². The number of aryl methyl sites for hydroxylation is 1. The fourth-order valence-corrected chi connectivity index (χ4v) is 3.14. The van der Waals surface area contributed by atoms with Gasteiger partial charge in [-0.15, -0.1) is 0 Å². The van der Waals surface area contributed by atoms with Crippen LogP contribution in [0.15, 0.2) is 30.5 Å². The van der Waals surface area contributed by atoms with Gasteiger partial charge in [-0.05, 0) is 37.8 Å². The van der Waals surface area contributed by atoms with Crippen molar-refractivity contribution in [3.8, 4) is 11.3 Å². The summed E-state index contributed by atoms with van der Waals surface area (Å²) in [4.78, 5) is 23.0. The Bertz CT molecular complexity index is 776. The number of nitro benzene ring substituents is 1. The molecule has 0 spiro atoms. The third kappa shape index (κ3) is 3.85. The molecule has 1 aliphatic rings. The van der Waals surface area contributed by atoms with Crippen molar-refractivity contribution in [1.82, 2.24) is 15.1 Å². The van der Waals surface area contributed by atoms with Gasteiger partial charge < -0.3 is 11.1 Å². The number of amides is 1. The van der Waals surface area contributed by atoms with Crippen LogP contribution < -0.4 is 11.1 Å². The van der Waals surface area contributed by atoms with Crippen LogP contribution in [0, 0.1) is 10.1 Å². The summed E-state index contributed by atoms with van der Waals surface area (Å²) in [7, 11) is 1.74. The topological polar surface area (TPSA) is 116 Å². The largest absolute Gasteiger partial charge is 0.349 e. The summed E-state index contributed by atoms with van der Waals surface area (Å²) in [5.41, 5.74) is 7.55. The van der Waals surface area contributed by atoms with Crippen molar-refractivity contribution in [3.05, 3.63) is 46.1 Å². The maximum Gasteiger partial charge on any atom is 0.269 e. The molecule has 1 aliphatic carbocycles. The molecule has 2 aromatic rings. The van der Waals surface area contributed by atoms with Crippen molar-refractivity contribution in [1.29, 1.82) is 0 Å². The Kier molecular flexibility index (Phi) is 4.80. The molecular formula is C17H21N5O3. The smallest absolute Gasteiger partial charge is 0.269 e. The highest BCUT2D eigenvalue weighted by molar-refractivity contribution is 6.00. The molecule has 3 N–H and O–H groups in total. The van der Waals surface area contributed by atoms with E-state index in [1.807, 2.05) is 0 Å². The second-order valence-corrected chi connectivity index (χ2v) is 6.45. The minimum Gasteiger partial charge on any atom is -0.349 e. The molecule has 1 aromatic carbocycles. The number of hydrogen-bond acceptors (Lipinski definition) is 5. The van der Waals surface area contributed by atoms with Crippen LogP contribution in [0.5, 0.6) is 0 Å². The Hall–Kier alpha value is -2.74. The van der Waals surface area contributed by atoms with Gasteiger partial charge in [0.1, 0.15) is 5.69 Å². The summed E-state index contributed by atoms with van der Waals surface area (Å²) in [5.74, 6) is -0.179. The predicted octanol–water partition coefficient (Wildman–Crippen LogP) is 1.99. The highest BCUT2D eigenvalue weighted by Gasteiger charge is 2.23. The van der Waals surface area contributed by atoms with E-state index in [0.717, 1.165) is 25.7 Å². The van der Waals surface area contributed by atoms with E-state index in [4.69, 9.17) is 5.73 Å². The summed E-state index contributed by atoms with van der Waals surface area (Å²) >= 11 is 0. The number of hydrogen-bond donors (Lipinski definition) is 2. The van der Waals surface area contributed by atoms with Crippen molar-refractivity contribution in [2.75, 3.05) is 0 Å². The van der Waals surface area contributed by atoms with Crippen LogP contribution in [-0.2, 0) is 7.05 Å². The lowest BCUT2D eigenvalue weighted by molar-refractivity contribution is -0.384. The van der Waals surface area contributed by atoms with E-state index < -0.39 is 4.92 Å². The zero-order valence-electron chi connectivity index (χ0n) is 14.0. The van der Waals surface area contributed by atoms with E-state index in [9.17, 15) is 14.9 Å². The van der Waals surface area contributed by atoms with Crippen LogP contribution in [-0.4, -0.2) is 32.7 Å². The molecule has 1 aromatic heterocycles. The number of carbonyl (C=O) groups excluding carboxylic acids is 1. The fourth-order valence-electron chi connectivity index (χ4n) is 3.14. The molecule has 0 bridgehead atoms. The zero-order valence-corrected chi connectivity index (χ0v) is 14.0. The van der Waals surface area contributed by atoms with E-state index in [1.54, 1.807) is 30.1 Å². The van der Waals surface area contributed by atoms with Gasteiger partial charge in [0.2, 0.25) is 0 Å². The molecule has 0 radical (unpaired) electrons. The van der Waals surface area contributed by atoms with E-state index >= 15 is 0 Å². The summed E-state index contributed by atoms with van der Waals surface area (Å²) in [6, 6.07) is 6.38. The van der Waals surface area contributed by atoms with Gasteiger partial charge in [-0.25, -0.2) is 0 Å². The summed E-state index contributed by atoms with van der Waals surface area (Å²) < 4.78 is 1.57. The zero-order chi connectivity index (χ0) is 18.0. The Balaban J connectivity index is 1.80. The lowest BCUT2D eigenvalue weighted by atomic mass is 9.91. The van der Waals surface area contributed by atoms with Crippen molar-refractivity contribution >= 4 is 11.6 Å². The summed E-state index contributed by atoms with van der Waals surface area (Å²) in [5, 5.41) is 18.2. The standard InChI is InChI=1S/C17H21N5O3/c1-21-10-15(17(23)19-13-6-4-12(18)5-7-13)16(20-21)11-2-8-14(9-3-11)22(24)25/h2-3,8-10,12-13H,4-7,18H2,1H3,(H,19,23). The van der Waals surface area contributed by atoms with Gasteiger partial charge in [0, 0.05) is 43.0 Å². The van der Waals surface area contributed by atoms with E-state index in [1.165, 1.54) is 12.1 Å². The highest BCUT2D eigenvalue weighted by atomic mass is 16.6. The second-order valence-electron chi connectivity index (χ2n) is 6.45. The van der Waals surface area contributed by atoms with Crippen molar-refractivity contribution in [3.63, 3.8) is 0 Å². The van der Waals surface area contributed by atoms with Crippen molar-refractivity contribution < 1.29 is 9.72 Å². The molecule has 1 fully saturated rings. The van der Waals surface area contributed by atoms with Crippen LogP contribution in [0.3, 0.4) is 0 Å². The lowest BCUT2D eigenvalue weighted by Crippen LogP contribution is -2.40. The molecule has 0 aliphatic heterocycles. The summed E-state index contributed by atoms with van der Waals surface area (Å²) in [6.07, 6.45) is 5.24. The number of benzene rings is 1. The molecule has 0 unspecified atom stereocenters. The van der Waals surface area contributed by atoms with E-state index in [0.29, 0.717) is 16.8 Å². The molecule has 132 valence electrons. The SMILES string of the molecule is Cn1cc(C(=O)NC2CCC(N)CC2)c(-c2ccc([N+](=O)[O-])cc2)n1. The summed E-state index contributed by atoms with van der Waals surface area (Å²) in [6.45, 7) is 0. The quantitative estimate of drug-likeness (QED) is 0.650. The van der Waals surface area contributed by atoms with Gasteiger partial charge in [0.25, 0.3) is 11.6 Å². The Morgan fingerprint density at radius 1 is 1.28 bits per heavy atom. The monoisotopic (exact) mass is 343 g/mol. The predicted molar refractivity (Wildman–Crippen MR) is 93.0 cm³/mol. The van der Waals surface area contributed by atoms with E-state index in [2.05, 4.69) is 10.4 Å². The molecule has 8 nitrogen and oxygen atoms in total. The maximum absolute atomic E-state index is 12.7. The lowest BCUT2D eigenvalue weighted by Gasteiger charge is -2.26. The number of nitro groups is 1. The Morgan fingerprint density at radius 3 is 2.52 bits per heavy atom. The first kappa shape index (κ1) is 17.1. The average molecular weight is 343 g/mol. The normalized spacial score (nSPS) is 20.2. The third-order valence-corrected chi connectivity index (χ3v) is 4.53. The molecule has 1 saturated carbocycles. The van der Waals surface area contributed by atoms with Gasteiger partial charge >= 0.3 is 0 Å². The van der Waals surface area contributed by atoms with Crippen LogP contribution in [0.4, 0.5) is 5.69 Å². The minimum absolute atomic E-state index is 0.00391. The van der Waals surface area contributed by atoms with Gasteiger partial charge in [0.05, 0.1) is 10.5 Å². The van der Waals surface area contributed by atoms with Crippen LogP contribution in [0.25, 0.3) is 11.3 Å². The van der Waals surface area contributed by atoms with Crippen LogP contribution in [0.2, 0.25) is 0 Å². The number of nitrogens with one attached hydrogen (secondary N) is 1. The first-order valence-electron chi connectivity index (χ1n) is 8.29. The van der Waals surface area contributed by atoms with Gasteiger partial charge in [-0.2, -0.15) is 5.10 Å². The Labute approximate surface area is 145 Å². The molecule has 1 heterocycles. The molecule has 0 atom stereocenters. The van der Waals surface area contributed by atoms with Gasteiger partial charge in [-0.3, -0.25) is 19.6 Å². The fraction of sp³-hybridized carbons (Fsp3) is 0.412. The van der Waals surface area contributed by atoms with Gasteiger partial charge in [0.15, 0.2) is 0 Å². The minimum atomic E-state index is -0.455. The van der Waals surface area contributed by atoms with Crippen LogP contribution in [0.1, 0.15) is 36.0 Å². The Morgan fingerprint density at radius 2 is 1.92 bits per heavy atom. The first-order valence-corrected chi connectivity index (χ1v) is 8.29. The number of nitrogens with two attached hydrogens (primary N) is 1. The molecule has 3 rings (SSSR count). The van der Waals surface area contributed by atoms with Crippen molar-refractivity contribution in [2.24, 2.45) is 12.8 Å². The number of nitrogens with zero attached hydrogens (tertiary/aromatic N) is 3. The van der Waals surface area contributed by atoms with Crippen molar-refractivity contribution in [2.45, 2.75) is 37.8 Å². The third-order valence-electron chi connectivity index (χ3n) is 4.53. The maximum atomic E-state index is 12.7. The average Bonchev–Trinajstić information content (AvgIpc) is 2.99. The second kappa shape index (κ2) is 7.02.